The fourth-order valence-corrected chi connectivity index (χ4v) is 4.90. The molecule has 2 N–H and O–H groups in total. The lowest BCUT2D eigenvalue weighted by atomic mass is 9.97. The summed E-state index contributed by atoms with van der Waals surface area (Å²) >= 11 is 0. The SMILES string of the molecule is CCc1ccc(C2CNCCN2C(=O)C(C)N2C(=O)NC3(CCCC3)C2=O)cc1.Cl. The van der Waals surface area contributed by atoms with Crippen LogP contribution in [0, 0.1) is 0 Å². The van der Waals surface area contributed by atoms with E-state index in [4.69, 9.17) is 0 Å². The summed E-state index contributed by atoms with van der Waals surface area (Å²) in [5, 5.41) is 6.24. The van der Waals surface area contributed by atoms with E-state index < -0.39 is 17.6 Å². The lowest BCUT2D eigenvalue weighted by Crippen LogP contribution is -2.56. The Labute approximate surface area is 184 Å². The highest BCUT2D eigenvalue weighted by atomic mass is 35.5. The second-order valence-electron chi connectivity index (χ2n) is 8.42. The number of piperazine rings is 1. The van der Waals surface area contributed by atoms with Crippen molar-refractivity contribution in [3.8, 4) is 0 Å². The van der Waals surface area contributed by atoms with Crippen LogP contribution in [-0.2, 0) is 16.0 Å². The summed E-state index contributed by atoms with van der Waals surface area (Å²) in [5.41, 5.74) is 1.54. The standard InChI is InChI=1S/C22H30N4O3.ClH/c1-3-16-6-8-17(9-7-16)18-14-23-12-13-25(18)19(27)15(2)26-20(28)22(24-21(26)29)10-4-5-11-22;/h6-9,15,18,23H,3-5,10-14H2,1-2H3,(H,24,29);1H. The number of aryl methyl sites for hydroxylation is 1. The van der Waals surface area contributed by atoms with Crippen LogP contribution < -0.4 is 10.6 Å². The van der Waals surface area contributed by atoms with Gasteiger partial charge in [-0.15, -0.1) is 12.4 Å². The molecule has 1 aromatic rings. The Bertz CT molecular complexity index is 807. The molecule has 30 heavy (non-hydrogen) atoms. The zero-order valence-corrected chi connectivity index (χ0v) is 18.5. The summed E-state index contributed by atoms with van der Waals surface area (Å²) in [6, 6.07) is 6.99. The fourth-order valence-electron chi connectivity index (χ4n) is 4.90. The number of amides is 4. The first kappa shape index (κ1) is 22.6. The van der Waals surface area contributed by atoms with E-state index in [1.54, 1.807) is 6.92 Å². The maximum absolute atomic E-state index is 13.4. The average Bonchev–Trinajstić information content (AvgIpc) is 3.31. The minimum Gasteiger partial charge on any atom is -0.331 e. The molecule has 1 saturated carbocycles. The van der Waals surface area contributed by atoms with Crippen LogP contribution in [0.15, 0.2) is 24.3 Å². The molecule has 2 aliphatic heterocycles. The molecule has 2 heterocycles. The van der Waals surface area contributed by atoms with Gasteiger partial charge in [-0.25, -0.2) is 9.69 Å². The lowest BCUT2D eigenvalue weighted by molar-refractivity contribution is -0.145. The molecule has 1 aliphatic carbocycles. The van der Waals surface area contributed by atoms with Gasteiger partial charge in [0.2, 0.25) is 5.91 Å². The van der Waals surface area contributed by atoms with Crippen LogP contribution in [-0.4, -0.2) is 58.9 Å². The van der Waals surface area contributed by atoms with Crippen molar-refractivity contribution in [2.75, 3.05) is 19.6 Å². The molecule has 1 aromatic carbocycles. The van der Waals surface area contributed by atoms with Gasteiger partial charge in [-0.05, 0) is 37.3 Å². The maximum atomic E-state index is 13.4. The summed E-state index contributed by atoms with van der Waals surface area (Å²) < 4.78 is 0. The number of rotatable bonds is 4. The predicted octanol–water partition coefficient (Wildman–Crippen LogP) is 2.40. The van der Waals surface area contributed by atoms with E-state index in [1.165, 1.54) is 5.56 Å². The van der Waals surface area contributed by atoms with E-state index in [0.717, 1.165) is 29.7 Å². The number of urea groups is 1. The van der Waals surface area contributed by atoms with Crippen LogP contribution in [0.5, 0.6) is 0 Å². The molecule has 0 aromatic heterocycles. The zero-order chi connectivity index (χ0) is 20.6. The van der Waals surface area contributed by atoms with E-state index >= 15 is 0 Å². The summed E-state index contributed by atoms with van der Waals surface area (Å²) in [6.45, 7) is 5.70. The molecule has 4 rings (SSSR count). The molecule has 3 fully saturated rings. The second kappa shape index (κ2) is 8.94. The summed E-state index contributed by atoms with van der Waals surface area (Å²) in [6.07, 6.45) is 4.15. The smallest absolute Gasteiger partial charge is 0.325 e. The van der Waals surface area contributed by atoms with Crippen LogP contribution >= 0.6 is 12.4 Å². The molecular formula is C22H31ClN4O3. The van der Waals surface area contributed by atoms with Gasteiger partial charge in [0.1, 0.15) is 11.6 Å². The molecule has 2 unspecified atom stereocenters. The Hall–Kier alpha value is -2.12. The van der Waals surface area contributed by atoms with Gasteiger partial charge >= 0.3 is 6.03 Å². The highest BCUT2D eigenvalue weighted by Gasteiger charge is 2.55. The Morgan fingerprint density at radius 1 is 1.20 bits per heavy atom. The van der Waals surface area contributed by atoms with Gasteiger partial charge in [0.05, 0.1) is 6.04 Å². The van der Waals surface area contributed by atoms with E-state index in [0.29, 0.717) is 32.5 Å². The van der Waals surface area contributed by atoms with E-state index in [1.807, 2.05) is 4.90 Å². The van der Waals surface area contributed by atoms with Crippen molar-refractivity contribution >= 4 is 30.3 Å². The van der Waals surface area contributed by atoms with E-state index in [9.17, 15) is 14.4 Å². The average molecular weight is 435 g/mol. The summed E-state index contributed by atoms with van der Waals surface area (Å²) in [7, 11) is 0. The minimum absolute atomic E-state index is 0. The van der Waals surface area contributed by atoms with Gasteiger partial charge in [0.15, 0.2) is 0 Å². The van der Waals surface area contributed by atoms with Crippen LogP contribution in [0.25, 0.3) is 0 Å². The fraction of sp³-hybridized carbons (Fsp3) is 0.591. The molecular weight excluding hydrogens is 404 g/mol. The molecule has 8 heteroatoms. The molecule has 1 spiro atoms. The summed E-state index contributed by atoms with van der Waals surface area (Å²) in [4.78, 5) is 42.0. The number of imide groups is 1. The van der Waals surface area contributed by atoms with Gasteiger partial charge in [0.25, 0.3) is 5.91 Å². The number of nitrogens with one attached hydrogen (secondary N) is 2. The molecule has 4 amide bonds. The van der Waals surface area contributed by atoms with Gasteiger partial charge in [-0.2, -0.15) is 0 Å². The Kier molecular flexibility index (Phi) is 6.72. The molecule has 0 bridgehead atoms. The first-order chi connectivity index (χ1) is 14.0. The van der Waals surface area contributed by atoms with Gasteiger partial charge in [-0.3, -0.25) is 9.59 Å². The molecule has 2 atom stereocenters. The van der Waals surface area contributed by atoms with Crippen LogP contribution in [0.4, 0.5) is 4.79 Å². The largest absolute Gasteiger partial charge is 0.331 e. The highest BCUT2D eigenvalue weighted by Crippen LogP contribution is 2.36. The highest BCUT2D eigenvalue weighted by molar-refractivity contribution is 6.10. The minimum atomic E-state index is -0.807. The van der Waals surface area contributed by atoms with Crippen molar-refractivity contribution in [1.29, 1.82) is 0 Å². The molecule has 3 aliphatic rings. The Morgan fingerprint density at radius 3 is 2.50 bits per heavy atom. The van der Waals surface area contributed by atoms with Crippen molar-refractivity contribution in [2.45, 2.75) is 63.6 Å². The number of carbonyl (C=O) groups excluding carboxylic acids is 3. The number of nitrogens with zero attached hydrogens (tertiary/aromatic N) is 2. The maximum Gasteiger partial charge on any atom is 0.325 e. The van der Waals surface area contributed by atoms with Crippen LogP contribution in [0.2, 0.25) is 0 Å². The third-order valence-corrected chi connectivity index (χ3v) is 6.69. The van der Waals surface area contributed by atoms with Crippen molar-refractivity contribution < 1.29 is 14.4 Å². The topological polar surface area (TPSA) is 81.8 Å². The van der Waals surface area contributed by atoms with Crippen molar-refractivity contribution in [2.24, 2.45) is 0 Å². The zero-order valence-electron chi connectivity index (χ0n) is 17.6. The Morgan fingerprint density at radius 2 is 1.87 bits per heavy atom. The molecule has 0 radical (unpaired) electrons. The van der Waals surface area contributed by atoms with Crippen LogP contribution in [0.1, 0.15) is 56.7 Å². The van der Waals surface area contributed by atoms with Crippen LogP contribution in [0.3, 0.4) is 0 Å². The third kappa shape index (κ3) is 3.81. The van der Waals surface area contributed by atoms with E-state index in [-0.39, 0.29) is 30.3 Å². The first-order valence-corrected chi connectivity index (χ1v) is 10.7. The molecule has 7 nitrogen and oxygen atoms in total. The second-order valence-corrected chi connectivity index (χ2v) is 8.42. The molecule has 2 saturated heterocycles. The van der Waals surface area contributed by atoms with Gasteiger partial charge in [-0.1, -0.05) is 44.0 Å². The van der Waals surface area contributed by atoms with Gasteiger partial charge in [0, 0.05) is 19.6 Å². The number of hydrogen-bond donors (Lipinski definition) is 2. The molecule has 164 valence electrons. The normalized spacial score (nSPS) is 24.0. The monoisotopic (exact) mass is 434 g/mol. The van der Waals surface area contributed by atoms with Gasteiger partial charge < -0.3 is 15.5 Å². The number of hydrogen-bond acceptors (Lipinski definition) is 4. The predicted molar refractivity (Wildman–Crippen MR) is 116 cm³/mol. The Balaban J connectivity index is 0.00000256. The number of benzene rings is 1. The lowest BCUT2D eigenvalue weighted by Gasteiger charge is -2.39. The quantitative estimate of drug-likeness (QED) is 0.713. The summed E-state index contributed by atoms with van der Waals surface area (Å²) in [5.74, 6) is -0.408. The van der Waals surface area contributed by atoms with E-state index in [2.05, 4.69) is 41.8 Å². The van der Waals surface area contributed by atoms with Crippen molar-refractivity contribution in [3.05, 3.63) is 35.4 Å². The van der Waals surface area contributed by atoms with Crippen molar-refractivity contribution in [1.82, 2.24) is 20.4 Å². The number of halogens is 1. The third-order valence-electron chi connectivity index (χ3n) is 6.69. The van der Waals surface area contributed by atoms with Crippen molar-refractivity contribution in [3.63, 3.8) is 0 Å². The first-order valence-electron chi connectivity index (χ1n) is 10.7. The number of carbonyl (C=O) groups is 3.